The van der Waals surface area contributed by atoms with Crippen LogP contribution in [0.25, 0.3) is 11.1 Å². The van der Waals surface area contributed by atoms with Gasteiger partial charge in [-0.25, -0.2) is 4.79 Å². The van der Waals surface area contributed by atoms with Crippen LogP contribution in [0.15, 0.2) is 48.5 Å². The van der Waals surface area contributed by atoms with E-state index >= 15 is 0 Å². The second-order valence-electron chi connectivity index (χ2n) is 9.78. The molecule has 7 heteroatoms. The maximum Gasteiger partial charge on any atom is 0.407 e. The van der Waals surface area contributed by atoms with Gasteiger partial charge in [-0.15, -0.1) is 0 Å². The number of hydrogen-bond acceptors (Lipinski definition) is 4. The third-order valence-electron chi connectivity index (χ3n) is 7.66. The minimum Gasteiger partial charge on any atom is -0.481 e. The van der Waals surface area contributed by atoms with Crippen LogP contribution in [0.5, 0.6) is 0 Å². The third kappa shape index (κ3) is 3.93. The summed E-state index contributed by atoms with van der Waals surface area (Å²) in [5.41, 5.74) is 4.29. The second kappa shape index (κ2) is 8.78. The van der Waals surface area contributed by atoms with Gasteiger partial charge in [-0.3, -0.25) is 9.59 Å². The molecule has 3 aliphatic rings. The lowest BCUT2D eigenvalue weighted by atomic mass is 9.93. The lowest BCUT2D eigenvalue weighted by Crippen LogP contribution is -2.48. The van der Waals surface area contributed by atoms with Crippen molar-refractivity contribution in [1.82, 2.24) is 10.2 Å². The van der Waals surface area contributed by atoms with E-state index in [-0.39, 0.29) is 30.4 Å². The highest BCUT2D eigenvalue weighted by molar-refractivity contribution is 5.87. The highest BCUT2D eigenvalue weighted by Crippen LogP contribution is 2.56. The third-order valence-corrected chi connectivity index (χ3v) is 7.66. The van der Waals surface area contributed by atoms with Gasteiger partial charge in [-0.05, 0) is 41.5 Å². The zero-order valence-electron chi connectivity index (χ0n) is 19.3. The molecule has 0 radical (unpaired) electrons. The van der Waals surface area contributed by atoms with E-state index in [0.717, 1.165) is 35.1 Å². The highest BCUT2D eigenvalue weighted by Gasteiger charge is 2.59. The Morgan fingerprint density at radius 2 is 1.71 bits per heavy atom. The number of benzene rings is 2. The maximum atomic E-state index is 13.2. The first kappa shape index (κ1) is 22.4. The van der Waals surface area contributed by atoms with Crippen molar-refractivity contribution in [3.8, 4) is 11.1 Å². The van der Waals surface area contributed by atoms with Crippen LogP contribution in [0.3, 0.4) is 0 Å². The van der Waals surface area contributed by atoms with E-state index in [4.69, 9.17) is 4.74 Å². The number of carbonyl (C=O) groups excluding carboxylic acids is 2. The first-order chi connectivity index (χ1) is 16.4. The van der Waals surface area contributed by atoms with E-state index < -0.39 is 24.0 Å². The van der Waals surface area contributed by atoms with Crippen molar-refractivity contribution in [3.63, 3.8) is 0 Å². The summed E-state index contributed by atoms with van der Waals surface area (Å²) in [6, 6.07) is 15.5. The van der Waals surface area contributed by atoms with Crippen LogP contribution >= 0.6 is 0 Å². The van der Waals surface area contributed by atoms with Gasteiger partial charge in [0.15, 0.2) is 0 Å². The Labute approximate surface area is 199 Å². The summed E-state index contributed by atoms with van der Waals surface area (Å²) >= 11 is 0. The molecule has 2 aromatic rings. The van der Waals surface area contributed by atoms with Gasteiger partial charge in [-0.2, -0.15) is 0 Å². The molecule has 1 saturated carbocycles. The van der Waals surface area contributed by atoms with Crippen LogP contribution in [-0.4, -0.2) is 53.7 Å². The second-order valence-corrected chi connectivity index (χ2v) is 9.78. The lowest BCUT2D eigenvalue weighted by Gasteiger charge is -2.24. The topological polar surface area (TPSA) is 95.9 Å². The van der Waals surface area contributed by atoms with Crippen molar-refractivity contribution in [2.45, 2.75) is 44.6 Å². The Morgan fingerprint density at radius 1 is 1.09 bits per heavy atom. The summed E-state index contributed by atoms with van der Waals surface area (Å²) in [5.74, 6) is -1.63. The molecule has 178 valence electrons. The number of nitrogens with zero attached hydrogens (tertiary/aromatic N) is 1. The number of likely N-dealkylation sites (tertiary alicyclic amines) is 1. The number of alkyl carbamates (subject to hydrolysis) is 1. The zero-order valence-corrected chi connectivity index (χ0v) is 19.3. The van der Waals surface area contributed by atoms with Gasteiger partial charge in [0.05, 0.1) is 5.92 Å². The number of hydrogen-bond donors (Lipinski definition) is 2. The fraction of sp³-hybridized carbons (Fsp3) is 0.444. The minimum atomic E-state index is -0.843. The lowest BCUT2D eigenvalue weighted by molar-refractivity contribution is -0.143. The van der Waals surface area contributed by atoms with E-state index in [1.807, 2.05) is 31.2 Å². The normalized spacial score (nSPS) is 20.5. The minimum absolute atomic E-state index is 0.0527. The summed E-state index contributed by atoms with van der Waals surface area (Å²) in [6.07, 6.45) is 2.24. The molecule has 7 nitrogen and oxygen atoms in total. The molecule has 1 heterocycles. The van der Waals surface area contributed by atoms with E-state index in [1.54, 1.807) is 4.90 Å². The van der Waals surface area contributed by atoms with Gasteiger partial charge in [0.25, 0.3) is 0 Å². The van der Waals surface area contributed by atoms with Crippen LogP contribution in [0.1, 0.15) is 49.7 Å². The Hall–Kier alpha value is -3.35. The van der Waals surface area contributed by atoms with Gasteiger partial charge in [-0.1, -0.05) is 61.9 Å². The molecule has 0 aromatic heterocycles. The molecule has 5 rings (SSSR count). The molecule has 2 aromatic carbocycles. The van der Waals surface area contributed by atoms with Crippen molar-refractivity contribution in [2.24, 2.45) is 11.3 Å². The van der Waals surface area contributed by atoms with Crippen LogP contribution in [-0.2, 0) is 14.3 Å². The fourth-order valence-corrected chi connectivity index (χ4v) is 5.69. The molecule has 2 aliphatic carbocycles. The average molecular weight is 463 g/mol. The van der Waals surface area contributed by atoms with Crippen LogP contribution < -0.4 is 5.32 Å². The summed E-state index contributed by atoms with van der Waals surface area (Å²) in [6.45, 7) is 2.79. The number of aliphatic carboxylic acids is 1. The van der Waals surface area contributed by atoms with Gasteiger partial charge in [0.1, 0.15) is 12.6 Å². The van der Waals surface area contributed by atoms with Crippen molar-refractivity contribution in [2.75, 3.05) is 19.7 Å². The smallest absolute Gasteiger partial charge is 0.407 e. The van der Waals surface area contributed by atoms with Crippen LogP contribution in [0.4, 0.5) is 4.79 Å². The Bertz CT molecular complexity index is 1080. The molecule has 1 saturated heterocycles. The highest BCUT2D eigenvalue weighted by atomic mass is 16.5. The molecule has 2 N–H and O–H groups in total. The number of amides is 2. The van der Waals surface area contributed by atoms with Gasteiger partial charge >= 0.3 is 12.1 Å². The monoisotopic (exact) mass is 462 g/mol. The van der Waals surface area contributed by atoms with Crippen molar-refractivity contribution in [1.29, 1.82) is 0 Å². The van der Waals surface area contributed by atoms with E-state index in [9.17, 15) is 19.5 Å². The Kier molecular flexibility index (Phi) is 5.80. The number of carboxylic acid groups (broad SMARTS) is 1. The van der Waals surface area contributed by atoms with Crippen LogP contribution in [0, 0.1) is 11.3 Å². The maximum absolute atomic E-state index is 13.2. The van der Waals surface area contributed by atoms with Crippen molar-refractivity contribution >= 4 is 18.0 Å². The number of carboxylic acids is 1. The standard InChI is InChI=1S/C27H30N2O5/c1-2-7-23(24(30)29-14-22(25(31)32)27(16-29)12-13-27)28-26(33)34-15-21-19-10-5-3-8-17(19)18-9-4-6-11-20(18)21/h3-6,8-11,21-23H,2,7,12-16H2,1H3,(H,28,33)(H,31,32). The molecular formula is C27H30N2O5. The zero-order chi connectivity index (χ0) is 23.9. The van der Waals surface area contributed by atoms with E-state index in [0.29, 0.717) is 19.4 Å². The summed E-state index contributed by atoms with van der Waals surface area (Å²) in [7, 11) is 0. The summed E-state index contributed by atoms with van der Waals surface area (Å²) < 4.78 is 5.63. The van der Waals surface area contributed by atoms with E-state index in [2.05, 4.69) is 29.6 Å². The number of carbonyl (C=O) groups is 3. The number of ether oxygens (including phenoxy) is 1. The van der Waals surface area contributed by atoms with Gasteiger partial charge < -0.3 is 20.1 Å². The first-order valence-corrected chi connectivity index (χ1v) is 12.1. The average Bonchev–Trinajstić information content (AvgIpc) is 3.38. The first-order valence-electron chi connectivity index (χ1n) is 12.1. The fourth-order valence-electron chi connectivity index (χ4n) is 5.69. The Morgan fingerprint density at radius 3 is 2.24 bits per heavy atom. The van der Waals surface area contributed by atoms with Crippen molar-refractivity contribution < 1.29 is 24.2 Å². The number of rotatable bonds is 7. The summed E-state index contributed by atoms with van der Waals surface area (Å²) in [5, 5.41) is 12.3. The molecule has 1 spiro atoms. The number of nitrogens with one attached hydrogen (secondary N) is 1. The van der Waals surface area contributed by atoms with Gasteiger partial charge in [0, 0.05) is 24.4 Å². The molecule has 2 amide bonds. The quantitative estimate of drug-likeness (QED) is 0.648. The van der Waals surface area contributed by atoms with Gasteiger partial charge in [0.2, 0.25) is 5.91 Å². The molecule has 2 fully saturated rings. The largest absolute Gasteiger partial charge is 0.481 e. The Balaban J connectivity index is 1.24. The van der Waals surface area contributed by atoms with Crippen LogP contribution in [0.2, 0.25) is 0 Å². The van der Waals surface area contributed by atoms with Crippen molar-refractivity contribution in [3.05, 3.63) is 59.7 Å². The predicted molar refractivity (Wildman–Crippen MR) is 126 cm³/mol. The molecule has 2 unspecified atom stereocenters. The number of fused-ring (bicyclic) bond motifs is 3. The molecule has 1 aliphatic heterocycles. The molecule has 2 atom stereocenters. The molecule has 34 heavy (non-hydrogen) atoms. The summed E-state index contributed by atoms with van der Waals surface area (Å²) in [4.78, 5) is 39.2. The SMILES string of the molecule is CCCC(NC(=O)OCC1c2ccccc2-c2ccccc21)C(=O)N1CC(C(=O)O)C2(CC2)C1. The van der Waals surface area contributed by atoms with E-state index in [1.165, 1.54) is 0 Å². The molecular weight excluding hydrogens is 432 g/mol. The molecule has 0 bridgehead atoms. The predicted octanol–water partition coefficient (Wildman–Crippen LogP) is 4.02.